The number of piperidine rings is 1. The summed E-state index contributed by atoms with van der Waals surface area (Å²) in [4.78, 5) is 12.6. The number of aliphatic hydroxyl groups is 1. The van der Waals surface area contributed by atoms with E-state index in [2.05, 4.69) is 26.1 Å². The zero-order chi connectivity index (χ0) is 23.0. The van der Waals surface area contributed by atoms with Crippen LogP contribution in [-0.2, 0) is 20.2 Å². The molecule has 0 atom stereocenters. The van der Waals surface area contributed by atoms with Crippen LogP contribution in [0.1, 0.15) is 44.7 Å². The molecule has 0 aromatic heterocycles. The summed E-state index contributed by atoms with van der Waals surface area (Å²) < 4.78 is 40.6. The molecule has 0 saturated carbocycles. The molecule has 0 bridgehead atoms. The van der Waals surface area contributed by atoms with Crippen LogP contribution in [0.2, 0.25) is 0 Å². The average molecular weight is 449 g/mol. The van der Waals surface area contributed by atoms with Gasteiger partial charge in [0.15, 0.2) is 0 Å². The highest BCUT2D eigenvalue weighted by Gasteiger charge is 2.42. The summed E-state index contributed by atoms with van der Waals surface area (Å²) in [5.41, 5.74) is 0.441. The van der Waals surface area contributed by atoms with Crippen LogP contribution in [0.3, 0.4) is 0 Å². The number of nitrogens with one attached hydrogen (secondary N) is 1. The normalized spacial score (nSPS) is 17.4. The number of halogens is 1. The second-order valence-corrected chi connectivity index (χ2v) is 11.0. The summed E-state index contributed by atoms with van der Waals surface area (Å²) in [5, 5.41) is 13.6. The van der Waals surface area contributed by atoms with Gasteiger partial charge in [-0.1, -0.05) is 39.0 Å². The molecule has 1 amide bonds. The first-order chi connectivity index (χ1) is 14.3. The number of sulfonamides is 1. The molecule has 168 valence electrons. The third-order valence-electron chi connectivity index (χ3n) is 5.75. The lowest BCUT2D eigenvalue weighted by molar-refractivity contribution is -0.137. The van der Waals surface area contributed by atoms with Gasteiger partial charge < -0.3 is 10.4 Å². The maximum atomic E-state index is 13.6. The minimum absolute atomic E-state index is 0.0148. The van der Waals surface area contributed by atoms with Gasteiger partial charge in [0.05, 0.1) is 4.90 Å². The summed E-state index contributed by atoms with van der Waals surface area (Å²) in [6.07, 6.45) is -0.0982. The van der Waals surface area contributed by atoms with Crippen molar-refractivity contribution in [2.75, 3.05) is 18.4 Å². The number of aryl methyl sites for hydroxylation is 1. The van der Waals surface area contributed by atoms with Gasteiger partial charge in [-0.25, -0.2) is 12.8 Å². The van der Waals surface area contributed by atoms with Crippen molar-refractivity contribution < 1.29 is 22.7 Å². The lowest BCUT2D eigenvalue weighted by Crippen LogP contribution is -2.52. The molecule has 1 aliphatic heterocycles. The zero-order valence-electron chi connectivity index (χ0n) is 18.3. The van der Waals surface area contributed by atoms with Gasteiger partial charge in [0.2, 0.25) is 10.0 Å². The second-order valence-electron chi connectivity index (χ2n) is 9.13. The lowest BCUT2D eigenvalue weighted by Gasteiger charge is -2.36. The van der Waals surface area contributed by atoms with Gasteiger partial charge in [-0.05, 0) is 60.6 Å². The Morgan fingerprint density at radius 1 is 1.10 bits per heavy atom. The Morgan fingerprint density at radius 3 is 2.23 bits per heavy atom. The Kier molecular flexibility index (Phi) is 6.28. The van der Waals surface area contributed by atoms with Crippen LogP contribution in [0.25, 0.3) is 0 Å². The Labute approximate surface area is 183 Å². The predicted octanol–water partition coefficient (Wildman–Crippen LogP) is 3.59. The van der Waals surface area contributed by atoms with E-state index in [0.717, 1.165) is 11.6 Å². The van der Waals surface area contributed by atoms with Gasteiger partial charge in [-0.2, -0.15) is 4.31 Å². The second kappa shape index (κ2) is 8.33. The van der Waals surface area contributed by atoms with E-state index in [-0.39, 0.29) is 36.2 Å². The van der Waals surface area contributed by atoms with Gasteiger partial charge in [0, 0.05) is 18.8 Å². The van der Waals surface area contributed by atoms with Crippen LogP contribution in [0.4, 0.5) is 10.1 Å². The molecule has 1 aliphatic rings. The van der Waals surface area contributed by atoms with Gasteiger partial charge in [-0.15, -0.1) is 0 Å². The molecule has 0 spiro atoms. The summed E-state index contributed by atoms with van der Waals surface area (Å²) in [6, 6.07) is 11.1. The highest BCUT2D eigenvalue weighted by molar-refractivity contribution is 7.89. The number of hydrogen-bond acceptors (Lipinski definition) is 4. The maximum Gasteiger partial charge on any atom is 0.256 e. The van der Waals surface area contributed by atoms with Crippen LogP contribution < -0.4 is 5.32 Å². The van der Waals surface area contributed by atoms with E-state index < -0.39 is 27.3 Å². The Balaban J connectivity index is 1.68. The molecular weight excluding hydrogens is 419 g/mol. The average Bonchev–Trinajstić information content (AvgIpc) is 2.69. The summed E-state index contributed by atoms with van der Waals surface area (Å²) >= 11 is 0. The van der Waals surface area contributed by atoms with E-state index in [1.54, 1.807) is 19.1 Å². The van der Waals surface area contributed by atoms with Gasteiger partial charge >= 0.3 is 0 Å². The molecule has 0 radical (unpaired) electrons. The van der Waals surface area contributed by atoms with E-state index in [0.29, 0.717) is 11.3 Å². The molecule has 31 heavy (non-hydrogen) atoms. The van der Waals surface area contributed by atoms with E-state index >= 15 is 0 Å². The van der Waals surface area contributed by atoms with Crippen molar-refractivity contribution in [1.82, 2.24) is 4.31 Å². The molecule has 3 rings (SSSR count). The van der Waals surface area contributed by atoms with Crippen molar-refractivity contribution in [3.8, 4) is 0 Å². The predicted molar refractivity (Wildman–Crippen MR) is 118 cm³/mol. The molecule has 6 nitrogen and oxygen atoms in total. The maximum absolute atomic E-state index is 13.6. The van der Waals surface area contributed by atoms with Crippen LogP contribution in [0, 0.1) is 12.7 Å². The third-order valence-corrected chi connectivity index (χ3v) is 7.79. The van der Waals surface area contributed by atoms with Crippen molar-refractivity contribution in [2.45, 2.75) is 56.4 Å². The largest absolute Gasteiger partial charge is 0.380 e. The van der Waals surface area contributed by atoms with Crippen LogP contribution in [0.15, 0.2) is 47.4 Å². The Hall–Kier alpha value is -2.29. The fourth-order valence-electron chi connectivity index (χ4n) is 3.62. The van der Waals surface area contributed by atoms with E-state index in [9.17, 15) is 22.7 Å². The minimum Gasteiger partial charge on any atom is -0.380 e. The number of carbonyl (C=O) groups is 1. The molecule has 8 heteroatoms. The van der Waals surface area contributed by atoms with Crippen molar-refractivity contribution in [2.24, 2.45) is 0 Å². The highest BCUT2D eigenvalue weighted by atomic mass is 32.2. The summed E-state index contributed by atoms with van der Waals surface area (Å²) in [5.74, 6) is -1.19. The quantitative estimate of drug-likeness (QED) is 0.749. The Bertz CT molecular complexity index is 1070. The summed E-state index contributed by atoms with van der Waals surface area (Å²) in [7, 11) is -3.92. The molecule has 2 N–H and O–H groups in total. The number of benzene rings is 2. The fourth-order valence-corrected chi connectivity index (χ4v) is 5.29. The Morgan fingerprint density at radius 2 is 1.68 bits per heavy atom. The highest BCUT2D eigenvalue weighted by Crippen LogP contribution is 2.30. The van der Waals surface area contributed by atoms with Gasteiger partial charge in [-0.3, -0.25) is 4.79 Å². The van der Waals surface area contributed by atoms with Crippen LogP contribution in [0.5, 0.6) is 0 Å². The van der Waals surface area contributed by atoms with Gasteiger partial charge in [0.1, 0.15) is 11.4 Å². The molecule has 1 fully saturated rings. The molecular formula is C23H29FN2O4S. The van der Waals surface area contributed by atoms with Crippen molar-refractivity contribution in [3.63, 3.8) is 0 Å². The smallest absolute Gasteiger partial charge is 0.256 e. The number of carbonyl (C=O) groups excluding carboxylic acids is 1. The first-order valence-corrected chi connectivity index (χ1v) is 11.7. The van der Waals surface area contributed by atoms with Crippen LogP contribution >= 0.6 is 0 Å². The van der Waals surface area contributed by atoms with Crippen molar-refractivity contribution in [3.05, 3.63) is 59.4 Å². The van der Waals surface area contributed by atoms with E-state index in [4.69, 9.17) is 0 Å². The minimum atomic E-state index is -3.92. The number of rotatable bonds is 4. The molecule has 2 aromatic rings. The molecule has 0 unspecified atom stereocenters. The topological polar surface area (TPSA) is 86.7 Å². The first-order valence-electron chi connectivity index (χ1n) is 10.2. The molecule has 1 heterocycles. The molecule has 2 aromatic carbocycles. The number of nitrogens with zero attached hydrogens (tertiary/aromatic N) is 1. The van der Waals surface area contributed by atoms with E-state index in [1.165, 1.54) is 16.4 Å². The SMILES string of the molecule is Cc1ccc(F)cc1S(=O)(=O)N1CCC(O)(C(=O)Nc2ccc(C(C)(C)C)cc2)CC1. The van der Waals surface area contributed by atoms with Crippen LogP contribution in [-0.4, -0.2) is 42.4 Å². The van der Waals surface area contributed by atoms with Gasteiger partial charge in [0.25, 0.3) is 5.91 Å². The number of amides is 1. The van der Waals surface area contributed by atoms with Crippen molar-refractivity contribution >= 4 is 21.6 Å². The lowest BCUT2D eigenvalue weighted by atomic mass is 9.87. The fraction of sp³-hybridized carbons (Fsp3) is 0.435. The standard InChI is InChI=1S/C23H29FN2O4S/c1-16-5-8-18(24)15-20(16)31(29,30)26-13-11-23(28,12-14-26)21(27)25-19-9-6-17(7-10-19)22(2,3)4/h5-10,15,28H,11-14H2,1-4H3,(H,25,27). The number of anilines is 1. The number of hydrogen-bond donors (Lipinski definition) is 2. The zero-order valence-corrected chi connectivity index (χ0v) is 19.1. The molecule has 1 saturated heterocycles. The van der Waals surface area contributed by atoms with Crippen molar-refractivity contribution in [1.29, 1.82) is 0 Å². The monoisotopic (exact) mass is 448 g/mol. The van der Waals surface area contributed by atoms with E-state index in [1.807, 2.05) is 12.1 Å². The third kappa shape index (κ3) is 4.97. The molecule has 0 aliphatic carbocycles. The first kappa shape index (κ1) is 23.4. The summed E-state index contributed by atoms with van der Waals surface area (Å²) in [6.45, 7) is 7.81.